The first-order chi connectivity index (χ1) is 13.9. The largest absolute Gasteiger partial charge is 0.495 e. The predicted molar refractivity (Wildman–Crippen MR) is 99.8 cm³/mol. The predicted octanol–water partition coefficient (Wildman–Crippen LogP) is 2.38. The van der Waals surface area contributed by atoms with E-state index in [-0.39, 0.29) is 28.9 Å². The molecule has 0 saturated carbocycles. The number of halogens is 1. The Bertz CT molecular complexity index is 1120. The summed E-state index contributed by atoms with van der Waals surface area (Å²) in [6, 6.07) is 8.25. The Hall–Kier alpha value is -3.18. The van der Waals surface area contributed by atoms with Gasteiger partial charge in [-0.05, 0) is 36.4 Å². The Morgan fingerprint density at radius 1 is 1.00 bits per heavy atom. The Morgan fingerprint density at radius 2 is 1.69 bits per heavy atom. The van der Waals surface area contributed by atoms with Gasteiger partial charge in [-0.3, -0.25) is 0 Å². The van der Waals surface area contributed by atoms with Gasteiger partial charge in [-0.25, -0.2) is 17.5 Å². The molecule has 0 amide bonds. The van der Waals surface area contributed by atoms with Crippen molar-refractivity contribution >= 4 is 10.0 Å². The molecule has 0 aliphatic heterocycles. The third-order valence-corrected chi connectivity index (χ3v) is 5.36. The third-order valence-electron chi connectivity index (χ3n) is 3.94. The molecule has 3 aromatic rings. The lowest BCUT2D eigenvalue weighted by molar-refractivity contribution is 0.355. The second-order valence-electron chi connectivity index (χ2n) is 5.70. The first-order valence-corrected chi connectivity index (χ1v) is 9.74. The van der Waals surface area contributed by atoms with Crippen LogP contribution in [0, 0.1) is 5.82 Å². The van der Waals surface area contributed by atoms with Crippen molar-refractivity contribution in [3.63, 3.8) is 0 Å². The summed E-state index contributed by atoms with van der Waals surface area (Å²) in [6.07, 6.45) is 0. The molecule has 3 rings (SSSR count). The first kappa shape index (κ1) is 20.6. The van der Waals surface area contributed by atoms with Crippen LogP contribution in [0.2, 0.25) is 0 Å². The van der Waals surface area contributed by atoms with Gasteiger partial charge in [0.05, 0.1) is 27.9 Å². The lowest BCUT2D eigenvalue weighted by Crippen LogP contribution is -2.24. The van der Waals surface area contributed by atoms with Crippen LogP contribution >= 0.6 is 0 Å². The summed E-state index contributed by atoms with van der Waals surface area (Å²) >= 11 is 0. The molecule has 0 spiro atoms. The van der Waals surface area contributed by atoms with E-state index in [4.69, 9.17) is 18.7 Å². The van der Waals surface area contributed by atoms with Gasteiger partial charge < -0.3 is 18.7 Å². The average molecular weight is 423 g/mol. The van der Waals surface area contributed by atoms with Crippen molar-refractivity contribution in [3.05, 3.63) is 48.1 Å². The summed E-state index contributed by atoms with van der Waals surface area (Å²) in [5.41, 5.74) is 0.590. The fourth-order valence-electron chi connectivity index (χ4n) is 2.51. The van der Waals surface area contributed by atoms with Gasteiger partial charge >= 0.3 is 0 Å². The van der Waals surface area contributed by atoms with Gasteiger partial charge in [0.25, 0.3) is 0 Å². The Labute approximate surface area is 166 Å². The van der Waals surface area contributed by atoms with Gasteiger partial charge in [0.2, 0.25) is 21.7 Å². The number of aromatic nitrogens is 2. The molecule has 1 N–H and O–H groups in total. The normalized spacial score (nSPS) is 11.3. The van der Waals surface area contributed by atoms with E-state index in [2.05, 4.69) is 14.9 Å². The monoisotopic (exact) mass is 423 g/mol. The standard InChI is InChI=1S/C18H18FN3O6S/c1-25-13-6-4-11(8-15(13)27-3)18-21-17(28-22-18)10-20-29(23,24)16-9-12(19)5-7-14(16)26-2/h4-9,20H,10H2,1-3H3. The molecule has 0 aliphatic rings. The maximum Gasteiger partial charge on any atom is 0.244 e. The molecule has 29 heavy (non-hydrogen) atoms. The Balaban J connectivity index is 1.78. The van der Waals surface area contributed by atoms with Crippen LogP contribution in [0.1, 0.15) is 5.89 Å². The van der Waals surface area contributed by atoms with Crippen LogP contribution in [0.3, 0.4) is 0 Å². The summed E-state index contributed by atoms with van der Waals surface area (Å²) in [7, 11) is 0.230. The van der Waals surface area contributed by atoms with E-state index in [1.165, 1.54) is 27.4 Å². The van der Waals surface area contributed by atoms with E-state index >= 15 is 0 Å². The highest BCUT2D eigenvalue weighted by molar-refractivity contribution is 7.89. The molecule has 0 radical (unpaired) electrons. The van der Waals surface area contributed by atoms with Crippen molar-refractivity contribution in [2.75, 3.05) is 21.3 Å². The molecule has 9 nitrogen and oxygen atoms in total. The zero-order valence-corrected chi connectivity index (χ0v) is 16.6. The number of ether oxygens (including phenoxy) is 3. The van der Waals surface area contributed by atoms with Crippen molar-refractivity contribution in [1.82, 2.24) is 14.9 Å². The van der Waals surface area contributed by atoms with Crippen molar-refractivity contribution in [2.45, 2.75) is 11.4 Å². The van der Waals surface area contributed by atoms with Crippen LogP contribution in [0.15, 0.2) is 45.8 Å². The van der Waals surface area contributed by atoms with E-state index in [0.29, 0.717) is 17.1 Å². The summed E-state index contributed by atoms with van der Waals surface area (Å²) in [5.74, 6) is 0.583. The SMILES string of the molecule is COc1ccc(-c2noc(CNS(=O)(=O)c3cc(F)ccc3OC)n2)cc1OC. The minimum absolute atomic E-state index is 0.00967. The van der Waals surface area contributed by atoms with Crippen molar-refractivity contribution in [1.29, 1.82) is 0 Å². The third kappa shape index (κ3) is 4.46. The molecule has 154 valence electrons. The van der Waals surface area contributed by atoms with Crippen LogP contribution in [0.25, 0.3) is 11.4 Å². The molecule has 0 bridgehead atoms. The van der Waals surface area contributed by atoms with Crippen LogP contribution in [-0.2, 0) is 16.6 Å². The van der Waals surface area contributed by atoms with Crippen molar-refractivity contribution < 1.29 is 31.5 Å². The molecule has 1 aromatic heterocycles. The molecular formula is C18H18FN3O6S. The first-order valence-electron chi connectivity index (χ1n) is 8.26. The van der Waals surface area contributed by atoms with E-state index < -0.39 is 15.8 Å². The molecule has 0 fully saturated rings. The summed E-state index contributed by atoms with van der Waals surface area (Å²) in [4.78, 5) is 3.83. The summed E-state index contributed by atoms with van der Waals surface area (Å²) < 4.78 is 61.2. The second-order valence-corrected chi connectivity index (χ2v) is 7.44. The molecule has 11 heteroatoms. The smallest absolute Gasteiger partial charge is 0.244 e. The second kappa shape index (κ2) is 8.45. The van der Waals surface area contributed by atoms with Gasteiger partial charge in [0.15, 0.2) is 11.5 Å². The van der Waals surface area contributed by atoms with Crippen LogP contribution in [0.5, 0.6) is 17.2 Å². The zero-order chi connectivity index (χ0) is 21.0. The number of methoxy groups -OCH3 is 3. The average Bonchev–Trinajstić information content (AvgIpc) is 3.21. The lowest BCUT2D eigenvalue weighted by Gasteiger charge is -2.09. The van der Waals surface area contributed by atoms with Gasteiger partial charge in [0.1, 0.15) is 16.5 Å². The molecule has 2 aromatic carbocycles. The summed E-state index contributed by atoms with van der Waals surface area (Å²) in [6.45, 7) is -0.289. The topological polar surface area (TPSA) is 113 Å². The lowest BCUT2D eigenvalue weighted by atomic mass is 10.2. The van der Waals surface area contributed by atoms with Crippen molar-refractivity contribution in [3.8, 4) is 28.6 Å². The van der Waals surface area contributed by atoms with E-state index in [9.17, 15) is 12.8 Å². The van der Waals surface area contributed by atoms with Crippen molar-refractivity contribution in [2.24, 2.45) is 0 Å². The van der Waals surface area contributed by atoms with E-state index in [0.717, 1.165) is 12.1 Å². The summed E-state index contributed by atoms with van der Waals surface area (Å²) in [5, 5.41) is 3.84. The van der Waals surface area contributed by atoms with Crippen LogP contribution in [0.4, 0.5) is 4.39 Å². The van der Waals surface area contributed by atoms with Gasteiger partial charge in [-0.1, -0.05) is 5.16 Å². The molecule has 1 heterocycles. The van der Waals surface area contributed by atoms with E-state index in [1.54, 1.807) is 18.2 Å². The molecule has 0 unspecified atom stereocenters. The van der Waals surface area contributed by atoms with Gasteiger partial charge in [-0.2, -0.15) is 4.98 Å². The molecule has 0 saturated heterocycles. The van der Waals surface area contributed by atoms with E-state index in [1.807, 2.05) is 0 Å². The highest BCUT2D eigenvalue weighted by Crippen LogP contribution is 2.31. The maximum absolute atomic E-state index is 13.5. The van der Waals surface area contributed by atoms with Crippen LogP contribution in [-0.4, -0.2) is 39.9 Å². The minimum atomic E-state index is -4.08. The fourth-order valence-corrected chi connectivity index (χ4v) is 3.67. The molecule has 0 aliphatic carbocycles. The number of nitrogens with one attached hydrogen (secondary N) is 1. The number of hydrogen-bond donors (Lipinski definition) is 1. The maximum atomic E-state index is 13.5. The number of rotatable bonds is 8. The number of benzene rings is 2. The molecular weight excluding hydrogens is 405 g/mol. The number of nitrogens with zero attached hydrogens (tertiary/aromatic N) is 2. The van der Waals surface area contributed by atoms with Crippen LogP contribution < -0.4 is 18.9 Å². The minimum Gasteiger partial charge on any atom is -0.495 e. The fraction of sp³-hybridized carbons (Fsp3) is 0.222. The Morgan fingerprint density at radius 3 is 2.38 bits per heavy atom. The van der Waals surface area contributed by atoms with Gasteiger partial charge in [0, 0.05) is 5.56 Å². The zero-order valence-electron chi connectivity index (χ0n) is 15.8. The van der Waals surface area contributed by atoms with Gasteiger partial charge in [-0.15, -0.1) is 0 Å². The quantitative estimate of drug-likeness (QED) is 0.588. The Kier molecular flexibility index (Phi) is 5.99. The highest BCUT2D eigenvalue weighted by Gasteiger charge is 2.21. The highest BCUT2D eigenvalue weighted by atomic mass is 32.2. The number of hydrogen-bond acceptors (Lipinski definition) is 8. The molecule has 0 atom stereocenters. The number of sulfonamides is 1.